The minimum Gasteiger partial charge on any atom is -0.461 e. The van der Waals surface area contributed by atoms with Gasteiger partial charge in [0.2, 0.25) is 11.7 Å². The predicted molar refractivity (Wildman–Crippen MR) is 87.2 cm³/mol. The standard InChI is InChI=1S/C18H20FN3O3/c1-11-8-15(18(23)24-11)22-7-3-5-13(10-22)17-20-16(21-25-17)12-4-2-6-14(19)9-12/h2,4,6,9,11,13,15H,3,5,7-8,10H2,1H3. The van der Waals surface area contributed by atoms with Crippen LogP contribution in [0.1, 0.15) is 38.0 Å². The second-order valence-electron chi connectivity index (χ2n) is 6.80. The summed E-state index contributed by atoms with van der Waals surface area (Å²) >= 11 is 0. The minimum absolute atomic E-state index is 0.0270. The first-order chi connectivity index (χ1) is 12.1. The Morgan fingerprint density at radius 1 is 1.36 bits per heavy atom. The molecule has 0 bridgehead atoms. The number of ether oxygens (including phenoxy) is 1. The molecule has 2 aliphatic rings. The smallest absolute Gasteiger partial charge is 0.323 e. The molecule has 1 aromatic carbocycles. The molecule has 2 fully saturated rings. The Bertz CT molecular complexity index is 778. The molecule has 4 rings (SSSR count). The van der Waals surface area contributed by atoms with E-state index < -0.39 is 0 Å². The van der Waals surface area contributed by atoms with Crippen molar-refractivity contribution in [1.29, 1.82) is 0 Å². The topological polar surface area (TPSA) is 68.5 Å². The normalized spacial score (nSPS) is 27.4. The maximum atomic E-state index is 13.4. The van der Waals surface area contributed by atoms with E-state index >= 15 is 0 Å². The summed E-state index contributed by atoms with van der Waals surface area (Å²) in [6, 6.07) is 5.96. The molecule has 1 aromatic heterocycles. The van der Waals surface area contributed by atoms with Crippen molar-refractivity contribution in [3.05, 3.63) is 36.0 Å². The average Bonchev–Trinajstić information content (AvgIpc) is 3.22. The third-order valence-electron chi connectivity index (χ3n) is 4.91. The fraction of sp³-hybridized carbons (Fsp3) is 0.500. The van der Waals surface area contributed by atoms with E-state index in [1.54, 1.807) is 12.1 Å². The monoisotopic (exact) mass is 345 g/mol. The number of cyclic esters (lactones) is 1. The highest BCUT2D eigenvalue weighted by Crippen LogP contribution is 2.31. The summed E-state index contributed by atoms with van der Waals surface area (Å²) in [7, 11) is 0. The second kappa shape index (κ2) is 6.55. The third-order valence-corrected chi connectivity index (χ3v) is 4.91. The summed E-state index contributed by atoms with van der Waals surface area (Å²) in [6.07, 6.45) is 2.59. The first kappa shape index (κ1) is 16.2. The lowest BCUT2D eigenvalue weighted by Gasteiger charge is -2.33. The van der Waals surface area contributed by atoms with Gasteiger partial charge >= 0.3 is 5.97 Å². The zero-order chi connectivity index (χ0) is 17.4. The van der Waals surface area contributed by atoms with Crippen molar-refractivity contribution in [2.45, 2.75) is 44.2 Å². The van der Waals surface area contributed by atoms with Crippen LogP contribution in [-0.4, -0.2) is 46.2 Å². The molecular weight excluding hydrogens is 325 g/mol. The number of piperidine rings is 1. The molecule has 7 heteroatoms. The fourth-order valence-corrected chi connectivity index (χ4v) is 3.67. The van der Waals surface area contributed by atoms with Gasteiger partial charge in [-0.15, -0.1) is 0 Å². The van der Waals surface area contributed by atoms with Gasteiger partial charge in [-0.2, -0.15) is 4.98 Å². The number of rotatable bonds is 3. The lowest BCUT2D eigenvalue weighted by Crippen LogP contribution is -2.44. The summed E-state index contributed by atoms with van der Waals surface area (Å²) in [6.45, 7) is 3.48. The molecule has 0 aliphatic carbocycles. The zero-order valence-electron chi connectivity index (χ0n) is 14.0. The Kier molecular flexibility index (Phi) is 4.25. The summed E-state index contributed by atoms with van der Waals surface area (Å²) in [5, 5.41) is 3.99. The van der Waals surface area contributed by atoms with E-state index in [4.69, 9.17) is 9.26 Å². The van der Waals surface area contributed by atoms with Gasteiger partial charge in [-0.1, -0.05) is 17.3 Å². The number of benzene rings is 1. The summed E-state index contributed by atoms with van der Waals surface area (Å²) in [4.78, 5) is 18.6. The van der Waals surface area contributed by atoms with Crippen LogP contribution < -0.4 is 0 Å². The molecule has 2 saturated heterocycles. The molecule has 2 aromatic rings. The molecule has 132 valence electrons. The molecular formula is C18H20FN3O3. The summed E-state index contributed by atoms with van der Waals surface area (Å²) < 4.78 is 24.1. The Morgan fingerprint density at radius 2 is 2.24 bits per heavy atom. The highest BCUT2D eigenvalue weighted by atomic mass is 19.1. The van der Waals surface area contributed by atoms with Crippen LogP contribution in [-0.2, 0) is 9.53 Å². The van der Waals surface area contributed by atoms with E-state index in [1.165, 1.54) is 12.1 Å². The molecule has 0 radical (unpaired) electrons. The van der Waals surface area contributed by atoms with Gasteiger partial charge in [0.1, 0.15) is 18.0 Å². The maximum Gasteiger partial charge on any atom is 0.323 e. The Morgan fingerprint density at radius 3 is 3.00 bits per heavy atom. The number of carbonyl (C=O) groups is 1. The van der Waals surface area contributed by atoms with Gasteiger partial charge in [-0.25, -0.2) is 4.39 Å². The van der Waals surface area contributed by atoms with Crippen molar-refractivity contribution in [3.8, 4) is 11.4 Å². The second-order valence-corrected chi connectivity index (χ2v) is 6.80. The highest BCUT2D eigenvalue weighted by molar-refractivity contribution is 5.78. The van der Waals surface area contributed by atoms with Gasteiger partial charge in [0.25, 0.3) is 0 Å². The molecule has 0 amide bonds. The Labute approximate surface area is 145 Å². The van der Waals surface area contributed by atoms with E-state index in [0.29, 0.717) is 23.8 Å². The van der Waals surface area contributed by atoms with Crippen LogP contribution in [0.2, 0.25) is 0 Å². The van der Waals surface area contributed by atoms with Crippen molar-refractivity contribution in [2.24, 2.45) is 0 Å². The molecule has 3 unspecified atom stereocenters. The highest BCUT2D eigenvalue weighted by Gasteiger charge is 2.39. The van der Waals surface area contributed by atoms with Gasteiger partial charge < -0.3 is 9.26 Å². The Balaban J connectivity index is 1.49. The summed E-state index contributed by atoms with van der Waals surface area (Å²) in [5.74, 6) is 0.539. The van der Waals surface area contributed by atoms with Gasteiger partial charge in [0.05, 0.1) is 5.92 Å². The maximum absolute atomic E-state index is 13.4. The lowest BCUT2D eigenvalue weighted by atomic mass is 9.96. The van der Waals surface area contributed by atoms with Gasteiger partial charge in [0.15, 0.2) is 0 Å². The Hall–Kier alpha value is -2.28. The quantitative estimate of drug-likeness (QED) is 0.797. The number of halogens is 1. The number of nitrogens with zero attached hydrogens (tertiary/aromatic N) is 3. The largest absolute Gasteiger partial charge is 0.461 e. The van der Waals surface area contributed by atoms with Crippen LogP contribution in [0, 0.1) is 5.82 Å². The minimum atomic E-state index is -0.332. The van der Waals surface area contributed by atoms with E-state index in [-0.39, 0.29) is 29.9 Å². The molecule has 0 N–H and O–H groups in total. The van der Waals surface area contributed by atoms with Crippen molar-refractivity contribution in [1.82, 2.24) is 15.0 Å². The number of hydrogen-bond donors (Lipinski definition) is 0. The molecule has 3 atom stereocenters. The van der Waals surface area contributed by atoms with Crippen molar-refractivity contribution in [2.75, 3.05) is 13.1 Å². The number of hydrogen-bond acceptors (Lipinski definition) is 6. The van der Waals surface area contributed by atoms with E-state index in [2.05, 4.69) is 15.0 Å². The van der Waals surface area contributed by atoms with E-state index in [0.717, 1.165) is 25.8 Å². The number of esters is 1. The number of carbonyl (C=O) groups excluding carboxylic acids is 1. The van der Waals surface area contributed by atoms with Crippen LogP contribution in [0.4, 0.5) is 4.39 Å². The van der Waals surface area contributed by atoms with Gasteiger partial charge in [0, 0.05) is 18.5 Å². The van der Waals surface area contributed by atoms with Gasteiger partial charge in [-0.05, 0) is 38.4 Å². The average molecular weight is 345 g/mol. The van der Waals surface area contributed by atoms with Crippen LogP contribution in [0.25, 0.3) is 11.4 Å². The summed E-state index contributed by atoms with van der Waals surface area (Å²) in [5.41, 5.74) is 0.593. The first-order valence-electron chi connectivity index (χ1n) is 8.64. The van der Waals surface area contributed by atoms with Crippen molar-refractivity contribution >= 4 is 5.97 Å². The molecule has 0 spiro atoms. The molecule has 0 saturated carbocycles. The van der Waals surface area contributed by atoms with Crippen LogP contribution in [0.5, 0.6) is 0 Å². The van der Waals surface area contributed by atoms with Crippen molar-refractivity contribution in [3.63, 3.8) is 0 Å². The van der Waals surface area contributed by atoms with E-state index in [9.17, 15) is 9.18 Å². The SMILES string of the molecule is CC1CC(N2CCCC(c3nc(-c4cccc(F)c4)no3)C2)C(=O)O1. The van der Waals surface area contributed by atoms with Crippen molar-refractivity contribution < 1.29 is 18.4 Å². The lowest BCUT2D eigenvalue weighted by molar-refractivity contribution is -0.145. The fourth-order valence-electron chi connectivity index (χ4n) is 3.67. The van der Waals surface area contributed by atoms with Crippen LogP contribution in [0.15, 0.2) is 28.8 Å². The van der Waals surface area contributed by atoms with Gasteiger partial charge in [-0.3, -0.25) is 9.69 Å². The molecule has 3 heterocycles. The first-order valence-corrected chi connectivity index (χ1v) is 8.64. The number of likely N-dealkylation sites (tertiary alicyclic amines) is 1. The third kappa shape index (κ3) is 3.28. The predicted octanol–water partition coefficient (Wildman–Crippen LogP) is 2.76. The number of aromatic nitrogens is 2. The molecule has 25 heavy (non-hydrogen) atoms. The van der Waals surface area contributed by atoms with Crippen LogP contribution >= 0.6 is 0 Å². The van der Waals surface area contributed by atoms with E-state index in [1.807, 2.05) is 6.92 Å². The van der Waals surface area contributed by atoms with Crippen LogP contribution in [0.3, 0.4) is 0 Å². The molecule has 6 nitrogen and oxygen atoms in total. The molecule has 2 aliphatic heterocycles. The zero-order valence-corrected chi connectivity index (χ0v) is 14.0.